The second kappa shape index (κ2) is 7.21. The van der Waals surface area contributed by atoms with Gasteiger partial charge < -0.3 is 10.1 Å². The summed E-state index contributed by atoms with van der Waals surface area (Å²) < 4.78 is 0. The summed E-state index contributed by atoms with van der Waals surface area (Å²) in [5.74, 6) is 5.37. The molecule has 0 unspecified atom stereocenters. The van der Waals surface area contributed by atoms with Crippen LogP contribution in [0.4, 0.5) is 0 Å². The molecule has 0 amide bonds. The molecule has 4 aliphatic carbocycles. The number of rotatable bonds is 4. The fourth-order valence-electron chi connectivity index (χ4n) is 8.50. The van der Waals surface area contributed by atoms with E-state index in [-0.39, 0.29) is 11.3 Å². The summed E-state index contributed by atoms with van der Waals surface area (Å²) in [7, 11) is 0. The Bertz CT molecular complexity index is 746. The number of carbonyl (C=O) groups is 1. The minimum atomic E-state index is -0.395. The summed E-state index contributed by atoms with van der Waals surface area (Å²) in [5, 5.41) is 10.9. The van der Waals surface area contributed by atoms with Crippen LogP contribution in [-0.4, -0.2) is 26.5 Å². The first-order valence-electron chi connectivity index (χ1n) is 12.2. The average Bonchev–Trinajstić information content (AvgIpc) is 3.34. The number of Topliss-reactive ketones (excluding diaryl/α,β-unsaturated/α-hetero) is 1. The molecular weight excluding hydrogens is 360 g/mol. The molecule has 4 nitrogen and oxygen atoms in total. The average molecular weight is 399 g/mol. The molecule has 4 heteroatoms. The van der Waals surface area contributed by atoms with Crippen molar-refractivity contribution in [2.45, 2.75) is 90.1 Å². The predicted molar refractivity (Wildman–Crippen MR) is 113 cm³/mol. The largest absolute Gasteiger partial charge is 0.390 e. The van der Waals surface area contributed by atoms with E-state index in [9.17, 15) is 9.90 Å². The van der Waals surface area contributed by atoms with Crippen molar-refractivity contribution < 1.29 is 9.90 Å². The van der Waals surface area contributed by atoms with Crippen LogP contribution < -0.4 is 0 Å². The molecule has 1 heterocycles. The molecule has 4 fully saturated rings. The Balaban J connectivity index is 1.31. The van der Waals surface area contributed by atoms with Gasteiger partial charge in [-0.1, -0.05) is 13.8 Å². The monoisotopic (exact) mass is 398 g/mol. The van der Waals surface area contributed by atoms with E-state index >= 15 is 0 Å². The van der Waals surface area contributed by atoms with Gasteiger partial charge in [-0.2, -0.15) is 0 Å². The summed E-state index contributed by atoms with van der Waals surface area (Å²) in [6.07, 6.45) is 15.6. The van der Waals surface area contributed by atoms with Crippen molar-refractivity contribution in [2.75, 3.05) is 0 Å². The molecule has 0 bridgehead atoms. The number of aliphatic hydroxyl groups is 1. The summed E-state index contributed by atoms with van der Waals surface area (Å²) in [4.78, 5) is 20.6. The van der Waals surface area contributed by atoms with Crippen LogP contribution in [-0.2, 0) is 11.2 Å². The zero-order valence-electron chi connectivity index (χ0n) is 18.2. The third-order valence-electron chi connectivity index (χ3n) is 10.0. The normalized spacial score (nSPS) is 46.6. The Kier molecular flexibility index (Phi) is 4.92. The Morgan fingerprint density at radius 1 is 1.14 bits per heavy atom. The van der Waals surface area contributed by atoms with Crippen LogP contribution in [0, 0.1) is 40.9 Å². The molecule has 0 spiro atoms. The standard InChI is InChI=1S/C25H38N2O2/c1-3-25(29)11-9-17-16(15-25)4-5-19-18(17)8-10-24(2)20(19)6-7-21(24)22(28)14-23-26-12-13-27-23/h12-13,16-21,29H,3-11,14-15H2,1-2H3,(H,26,27)/t16-,17+,18-,19-,20+,21-,24+,25-/m1/s1. The minimum absolute atomic E-state index is 0.191. The molecule has 0 radical (unpaired) electrons. The lowest BCUT2D eigenvalue weighted by molar-refractivity contribution is -0.132. The van der Waals surface area contributed by atoms with Gasteiger partial charge in [0.15, 0.2) is 0 Å². The SMILES string of the molecule is CC[C@@]1(O)CC[C@H]2[C@H](CC[C@@H]3[C@@H]2CC[C@]2(C)[C@@H](C(=O)Cc4ncc[nH]4)CC[C@@H]32)C1. The van der Waals surface area contributed by atoms with E-state index in [1.165, 1.54) is 38.5 Å². The first kappa shape index (κ1) is 19.8. The molecule has 1 aromatic rings. The van der Waals surface area contributed by atoms with Gasteiger partial charge in [-0.25, -0.2) is 4.98 Å². The number of carbonyl (C=O) groups excluding carboxylic acids is 1. The summed E-state index contributed by atoms with van der Waals surface area (Å²) in [5.41, 5.74) is -0.204. The first-order valence-corrected chi connectivity index (χ1v) is 12.2. The second-order valence-corrected chi connectivity index (χ2v) is 11.1. The Hall–Kier alpha value is -1.16. The number of nitrogens with zero attached hydrogens (tertiary/aromatic N) is 1. The highest BCUT2D eigenvalue weighted by Crippen LogP contribution is 2.64. The van der Waals surface area contributed by atoms with Gasteiger partial charge in [0.2, 0.25) is 0 Å². The van der Waals surface area contributed by atoms with Gasteiger partial charge in [-0.15, -0.1) is 0 Å². The maximum atomic E-state index is 13.2. The van der Waals surface area contributed by atoms with Crippen molar-refractivity contribution in [3.05, 3.63) is 18.2 Å². The maximum Gasteiger partial charge on any atom is 0.144 e. The summed E-state index contributed by atoms with van der Waals surface area (Å²) >= 11 is 0. The molecule has 8 atom stereocenters. The van der Waals surface area contributed by atoms with Crippen molar-refractivity contribution in [2.24, 2.45) is 40.9 Å². The zero-order valence-corrected chi connectivity index (χ0v) is 18.2. The van der Waals surface area contributed by atoms with Crippen molar-refractivity contribution in [3.8, 4) is 0 Å². The molecular formula is C25H38N2O2. The lowest BCUT2D eigenvalue weighted by Gasteiger charge is -2.57. The highest BCUT2D eigenvalue weighted by Gasteiger charge is 2.58. The Morgan fingerprint density at radius 3 is 2.72 bits per heavy atom. The zero-order chi connectivity index (χ0) is 20.2. The number of nitrogens with one attached hydrogen (secondary N) is 1. The molecule has 2 N–H and O–H groups in total. The number of aromatic nitrogens is 2. The van der Waals surface area contributed by atoms with Gasteiger partial charge in [0.25, 0.3) is 0 Å². The molecule has 4 aliphatic rings. The number of hydrogen-bond donors (Lipinski definition) is 2. The lowest BCUT2D eigenvalue weighted by Crippen LogP contribution is -2.51. The van der Waals surface area contributed by atoms with Crippen LogP contribution >= 0.6 is 0 Å². The molecule has 4 saturated carbocycles. The van der Waals surface area contributed by atoms with E-state index in [1.807, 2.05) is 6.20 Å². The molecule has 160 valence electrons. The lowest BCUT2D eigenvalue weighted by atomic mass is 9.48. The number of aromatic amines is 1. The highest BCUT2D eigenvalue weighted by atomic mass is 16.3. The van der Waals surface area contributed by atoms with Crippen molar-refractivity contribution in [1.82, 2.24) is 9.97 Å². The van der Waals surface area contributed by atoms with Crippen LogP contribution in [0.2, 0.25) is 0 Å². The van der Waals surface area contributed by atoms with E-state index in [4.69, 9.17) is 0 Å². The van der Waals surface area contributed by atoms with E-state index in [1.54, 1.807) is 6.20 Å². The van der Waals surface area contributed by atoms with Gasteiger partial charge in [-0.3, -0.25) is 4.79 Å². The number of imidazole rings is 1. The number of ketones is 1. The van der Waals surface area contributed by atoms with E-state index < -0.39 is 5.60 Å². The topological polar surface area (TPSA) is 66.0 Å². The van der Waals surface area contributed by atoms with Gasteiger partial charge >= 0.3 is 0 Å². The number of hydrogen-bond acceptors (Lipinski definition) is 3. The van der Waals surface area contributed by atoms with Crippen LogP contribution in [0.5, 0.6) is 0 Å². The van der Waals surface area contributed by atoms with Gasteiger partial charge in [0, 0.05) is 18.3 Å². The van der Waals surface area contributed by atoms with Crippen molar-refractivity contribution in [3.63, 3.8) is 0 Å². The molecule has 0 aliphatic heterocycles. The fraction of sp³-hybridized carbons (Fsp3) is 0.840. The number of fused-ring (bicyclic) bond motifs is 5. The van der Waals surface area contributed by atoms with Gasteiger partial charge in [0.1, 0.15) is 11.6 Å². The number of H-pyrrole nitrogens is 1. The highest BCUT2D eigenvalue weighted by molar-refractivity contribution is 5.83. The van der Waals surface area contributed by atoms with Gasteiger partial charge in [-0.05, 0) is 99.2 Å². The summed E-state index contributed by atoms with van der Waals surface area (Å²) in [6, 6.07) is 0. The minimum Gasteiger partial charge on any atom is -0.390 e. The van der Waals surface area contributed by atoms with Crippen LogP contribution in [0.3, 0.4) is 0 Å². The van der Waals surface area contributed by atoms with Crippen LogP contribution in [0.1, 0.15) is 83.9 Å². The van der Waals surface area contributed by atoms with Crippen molar-refractivity contribution in [1.29, 1.82) is 0 Å². The summed E-state index contributed by atoms with van der Waals surface area (Å²) in [6.45, 7) is 4.59. The third-order valence-corrected chi connectivity index (χ3v) is 10.0. The molecule has 5 rings (SSSR count). The quantitative estimate of drug-likeness (QED) is 0.756. The smallest absolute Gasteiger partial charge is 0.144 e. The fourth-order valence-corrected chi connectivity index (χ4v) is 8.50. The second-order valence-electron chi connectivity index (χ2n) is 11.1. The van der Waals surface area contributed by atoms with E-state index in [2.05, 4.69) is 23.8 Å². The molecule has 1 aromatic heterocycles. The van der Waals surface area contributed by atoms with Crippen LogP contribution in [0.15, 0.2) is 12.4 Å². The molecule has 0 saturated heterocycles. The maximum absolute atomic E-state index is 13.2. The molecule has 29 heavy (non-hydrogen) atoms. The van der Waals surface area contributed by atoms with Gasteiger partial charge in [0.05, 0.1) is 12.0 Å². The Morgan fingerprint density at radius 2 is 1.97 bits per heavy atom. The van der Waals surface area contributed by atoms with E-state index in [0.29, 0.717) is 12.2 Å². The van der Waals surface area contributed by atoms with Crippen molar-refractivity contribution >= 4 is 5.78 Å². The van der Waals surface area contributed by atoms with Crippen LogP contribution in [0.25, 0.3) is 0 Å². The van der Waals surface area contributed by atoms with E-state index in [0.717, 1.165) is 61.1 Å². The predicted octanol–water partition coefficient (Wildman–Crippen LogP) is 4.93. The first-order chi connectivity index (χ1) is 13.9. The molecule has 0 aromatic carbocycles. The third kappa shape index (κ3) is 3.21. The Labute approximate surface area is 175 Å².